The monoisotopic (exact) mass is 368 g/mol. The highest BCUT2D eigenvalue weighted by Gasteiger charge is 2.70. The highest BCUT2D eigenvalue weighted by molar-refractivity contribution is 5.89. The van der Waals surface area contributed by atoms with Crippen molar-refractivity contribution in [1.82, 2.24) is 4.90 Å². The average molecular weight is 369 g/mol. The molecule has 1 saturated carbocycles. The molecule has 2 fully saturated rings. The zero-order valence-electron chi connectivity index (χ0n) is 15.5. The van der Waals surface area contributed by atoms with Gasteiger partial charge in [0.2, 0.25) is 5.91 Å². The Balaban J connectivity index is 0.00000225. The fourth-order valence-corrected chi connectivity index (χ4v) is 4.49. The van der Waals surface area contributed by atoms with E-state index in [-0.39, 0.29) is 35.8 Å². The number of hydrogen-bond acceptors (Lipinski definition) is 4. The van der Waals surface area contributed by atoms with Gasteiger partial charge in [-0.15, -0.1) is 12.4 Å². The van der Waals surface area contributed by atoms with Crippen LogP contribution < -0.4 is 10.5 Å². The summed E-state index contributed by atoms with van der Waals surface area (Å²) in [5.74, 6) is 0.883. The number of carbonyl (C=O) groups excluding carboxylic acids is 1. The lowest BCUT2D eigenvalue weighted by Crippen LogP contribution is -2.82. The van der Waals surface area contributed by atoms with Crippen LogP contribution in [0.15, 0.2) is 24.3 Å². The Labute approximate surface area is 156 Å². The minimum Gasteiger partial charge on any atom is -0.496 e. The van der Waals surface area contributed by atoms with Crippen LogP contribution in [0, 0.1) is 11.3 Å². The van der Waals surface area contributed by atoms with Crippen LogP contribution in [0.3, 0.4) is 0 Å². The number of nitrogens with two attached hydrogens (primary N) is 1. The lowest BCUT2D eigenvalue weighted by molar-refractivity contribution is -0.229. The first-order valence-electron chi connectivity index (χ1n) is 8.62. The number of halogens is 1. The zero-order chi connectivity index (χ0) is 17.5. The summed E-state index contributed by atoms with van der Waals surface area (Å²) in [6.07, 6.45) is 2.01. The SMILES string of the molecule is COc1ccccc1CN(C)C(=O)C1(N)C2CCCOC2C1(C)C.Cl. The molecule has 1 aliphatic heterocycles. The molecule has 1 heterocycles. The van der Waals surface area contributed by atoms with E-state index >= 15 is 0 Å². The highest BCUT2D eigenvalue weighted by Crippen LogP contribution is 2.57. The molecule has 3 rings (SSSR count). The van der Waals surface area contributed by atoms with Crippen molar-refractivity contribution in [2.75, 3.05) is 20.8 Å². The van der Waals surface area contributed by atoms with E-state index in [4.69, 9.17) is 15.2 Å². The van der Waals surface area contributed by atoms with E-state index in [1.54, 1.807) is 12.0 Å². The molecule has 0 spiro atoms. The quantitative estimate of drug-likeness (QED) is 0.887. The van der Waals surface area contributed by atoms with E-state index in [9.17, 15) is 4.79 Å². The van der Waals surface area contributed by atoms with Gasteiger partial charge in [-0.3, -0.25) is 4.79 Å². The third kappa shape index (κ3) is 2.92. The van der Waals surface area contributed by atoms with Crippen molar-refractivity contribution in [3.8, 4) is 5.75 Å². The Morgan fingerprint density at radius 3 is 2.76 bits per heavy atom. The molecule has 2 aliphatic rings. The smallest absolute Gasteiger partial charge is 0.243 e. The summed E-state index contributed by atoms with van der Waals surface area (Å²) in [4.78, 5) is 15.0. The molecule has 0 radical (unpaired) electrons. The number of hydrogen-bond donors (Lipinski definition) is 1. The van der Waals surface area contributed by atoms with Gasteiger partial charge in [0.15, 0.2) is 0 Å². The molecule has 3 atom stereocenters. The maximum atomic E-state index is 13.2. The van der Waals surface area contributed by atoms with Gasteiger partial charge in [-0.05, 0) is 18.9 Å². The maximum absolute atomic E-state index is 13.2. The van der Waals surface area contributed by atoms with Crippen LogP contribution in [0.2, 0.25) is 0 Å². The predicted molar refractivity (Wildman–Crippen MR) is 99.9 cm³/mol. The molecule has 1 aliphatic carbocycles. The summed E-state index contributed by atoms with van der Waals surface area (Å²) in [6, 6.07) is 7.76. The third-order valence-electron chi connectivity index (χ3n) is 5.99. The summed E-state index contributed by atoms with van der Waals surface area (Å²) in [5, 5.41) is 0. The minimum atomic E-state index is -0.866. The number of carbonyl (C=O) groups is 1. The van der Waals surface area contributed by atoms with Crippen molar-refractivity contribution in [2.24, 2.45) is 17.1 Å². The number of rotatable bonds is 4. The Kier molecular flexibility index (Phi) is 5.71. The standard InChI is InChI=1S/C19H28N2O3.ClH/c1-18(2)16-14(9-7-11-24-16)19(18,20)17(22)21(3)12-13-8-5-6-10-15(13)23-4;/h5-6,8,10,14,16H,7,9,11-12,20H2,1-4H3;1H. The van der Waals surface area contributed by atoms with Gasteiger partial charge in [0.1, 0.15) is 11.3 Å². The van der Waals surface area contributed by atoms with E-state index < -0.39 is 5.54 Å². The van der Waals surface area contributed by atoms with E-state index in [1.807, 2.05) is 45.2 Å². The van der Waals surface area contributed by atoms with Crippen molar-refractivity contribution >= 4 is 18.3 Å². The number of ether oxygens (including phenoxy) is 2. The van der Waals surface area contributed by atoms with Crippen molar-refractivity contribution in [3.05, 3.63) is 29.8 Å². The fraction of sp³-hybridized carbons (Fsp3) is 0.632. The largest absolute Gasteiger partial charge is 0.496 e. The molecule has 140 valence electrons. The fourth-order valence-electron chi connectivity index (χ4n) is 4.49. The molecule has 1 aromatic rings. The first kappa shape index (κ1) is 20.0. The normalized spacial score (nSPS) is 29.6. The summed E-state index contributed by atoms with van der Waals surface area (Å²) in [5.41, 5.74) is 6.46. The van der Waals surface area contributed by atoms with E-state index in [0.29, 0.717) is 6.54 Å². The molecule has 6 heteroatoms. The molecular weight excluding hydrogens is 340 g/mol. The summed E-state index contributed by atoms with van der Waals surface area (Å²) in [7, 11) is 3.46. The zero-order valence-corrected chi connectivity index (χ0v) is 16.3. The average Bonchev–Trinajstić information content (AvgIpc) is 2.60. The highest BCUT2D eigenvalue weighted by atomic mass is 35.5. The van der Waals surface area contributed by atoms with Crippen molar-refractivity contribution in [3.63, 3.8) is 0 Å². The summed E-state index contributed by atoms with van der Waals surface area (Å²) < 4.78 is 11.3. The molecule has 0 bridgehead atoms. The van der Waals surface area contributed by atoms with Crippen LogP contribution in [0.5, 0.6) is 5.75 Å². The van der Waals surface area contributed by atoms with Gasteiger partial charge in [-0.1, -0.05) is 32.0 Å². The number of para-hydroxylation sites is 1. The summed E-state index contributed by atoms with van der Waals surface area (Å²) >= 11 is 0. The topological polar surface area (TPSA) is 64.8 Å². The third-order valence-corrected chi connectivity index (χ3v) is 5.99. The molecule has 1 amide bonds. The van der Waals surface area contributed by atoms with E-state index in [0.717, 1.165) is 30.8 Å². The van der Waals surface area contributed by atoms with Gasteiger partial charge in [-0.25, -0.2) is 0 Å². The second-order valence-electron chi connectivity index (χ2n) is 7.60. The van der Waals surface area contributed by atoms with Crippen LogP contribution >= 0.6 is 12.4 Å². The second kappa shape index (κ2) is 7.14. The minimum absolute atomic E-state index is 0. The Bertz CT molecular complexity index is 637. The molecule has 1 saturated heterocycles. The van der Waals surface area contributed by atoms with Gasteiger partial charge in [-0.2, -0.15) is 0 Å². The maximum Gasteiger partial charge on any atom is 0.243 e. The Hall–Kier alpha value is -1.30. The number of nitrogens with zero attached hydrogens (tertiary/aromatic N) is 1. The predicted octanol–water partition coefficient (Wildman–Crippen LogP) is 2.61. The Morgan fingerprint density at radius 1 is 1.40 bits per heavy atom. The number of likely N-dealkylation sites (N-methyl/N-ethyl adjacent to an activating group) is 1. The van der Waals surface area contributed by atoms with Crippen LogP contribution in [-0.2, 0) is 16.1 Å². The van der Waals surface area contributed by atoms with Crippen LogP contribution in [0.4, 0.5) is 0 Å². The molecule has 25 heavy (non-hydrogen) atoms. The van der Waals surface area contributed by atoms with Crippen molar-refractivity contribution < 1.29 is 14.3 Å². The molecule has 2 N–H and O–H groups in total. The van der Waals surface area contributed by atoms with Crippen molar-refractivity contribution in [1.29, 1.82) is 0 Å². The van der Waals surface area contributed by atoms with E-state index in [1.165, 1.54) is 0 Å². The van der Waals surface area contributed by atoms with Gasteiger partial charge >= 0.3 is 0 Å². The molecule has 3 unspecified atom stereocenters. The van der Waals surface area contributed by atoms with Gasteiger partial charge in [0, 0.05) is 37.1 Å². The van der Waals surface area contributed by atoms with Crippen LogP contribution in [0.1, 0.15) is 32.3 Å². The molecule has 1 aromatic carbocycles. The lowest BCUT2D eigenvalue weighted by Gasteiger charge is -2.65. The number of amides is 1. The number of methoxy groups -OCH3 is 1. The van der Waals surface area contributed by atoms with Crippen LogP contribution in [-0.4, -0.2) is 43.2 Å². The number of fused-ring (bicyclic) bond motifs is 1. The first-order valence-corrected chi connectivity index (χ1v) is 8.62. The van der Waals surface area contributed by atoms with Gasteiger partial charge < -0.3 is 20.1 Å². The second-order valence-corrected chi connectivity index (χ2v) is 7.60. The Morgan fingerprint density at radius 2 is 2.08 bits per heavy atom. The molecule has 5 nitrogen and oxygen atoms in total. The summed E-state index contributed by atoms with van der Waals surface area (Å²) in [6.45, 7) is 5.35. The van der Waals surface area contributed by atoms with Crippen molar-refractivity contribution in [2.45, 2.75) is 44.9 Å². The lowest BCUT2D eigenvalue weighted by atomic mass is 9.46. The van der Waals surface area contributed by atoms with E-state index in [2.05, 4.69) is 0 Å². The molecule has 0 aromatic heterocycles. The molecular formula is C19H29ClN2O3. The van der Waals surface area contributed by atoms with Gasteiger partial charge in [0.05, 0.1) is 13.2 Å². The van der Waals surface area contributed by atoms with Gasteiger partial charge in [0.25, 0.3) is 0 Å². The first-order chi connectivity index (χ1) is 11.3. The number of benzene rings is 1. The van der Waals surface area contributed by atoms with Crippen LogP contribution in [0.25, 0.3) is 0 Å².